The van der Waals surface area contributed by atoms with Crippen molar-refractivity contribution in [3.8, 4) is 0 Å². The summed E-state index contributed by atoms with van der Waals surface area (Å²) in [4.78, 5) is 10.7. The highest BCUT2D eigenvalue weighted by atomic mass is 16.3. The van der Waals surface area contributed by atoms with E-state index in [1.165, 1.54) is 6.92 Å². The monoisotopic (exact) mass is 161 g/mol. The van der Waals surface area contributed by atoms with Crippen LogP contribution in [0.15, 0.2) is 0 Å². The number of hydrogen-bond acceptors (Lipinski definition) is 4. The van der Waals surface area contributed by atoms with Crippen molar-refractivity contribution in [2.24, 2.45) is 0 Å². The van der Waals surface area contributed by atoms with E-state index in [1.807, 2.05) is 0 Å². The second-order valence-corrected chi connectivity index (χ2v) is 2.71. The van der Waals surface area contributed by atoms with Gasteiger partial charge in [0.2, 0.25) is 0 Å². The molecule has 1 heterocycles. The number of rotatable bonds is 1. The lowest BCUT2D eigenvalue weighted by Gasteiger charge is -2.17. The van der Waals surface area contributed by atoms with Crippen LogP contribution >= 0.6 is 0 Å². The van der Waals surface area contributed by atoms with Gasteiger partial charge in [0.25, 0.3) is 5.91 Å². The van der Waals surface area contributed by atoms with E-state index in [2.05, 4.69) is 5.32 Å². The Morgan fingerprint density at radius 1 is 1.55 bits per heavy atom. The Hall–Kier alpha value is -0.650. The fourth-order valence-corrected chi connectivity index (χ4v) is 1.09. The molecule has 4 N–H and O–H groups in total. The highest BCUT2D eigenvalue weighted by Gasteiger charge is 2.41. The Labute approximate surface area is 63.7 Å². The van der Waals surface area contributed by atoms with Crippen molar-refractivity contribution in [1.82, 2.24) is 5.32 Å². The van der Waals surface area contributed by atoms with Crippen LogP contribution in [-0.2, 0) is 4.79 Å². The third-order valence-electron chi connectivity index (χ3n) is 1.79. The van der Waals surface area contributed by atoms with Crippen molar-refractivity contribution in [3.05, 3.63) is 0 Å². The van der Waals surface area contributed by atoms with E-state index in [4.69, 9.17) is 15.3 Å². The van der Waals surface area contributed by atoms with E-state index < -0.39 is 30.3 Å². The molecule has 0 spiro atoms. The number of carbonyl (C=O) groups is 1. The Kier molecular flexibility index (Phi) is 2.12. The largest absolute Gasteiger partial charge is 0.391 e. The first-order chi connectivity index (χ1) is 5.04. The number of hydrogen-bond donors (Lipinski definition) is 4. The number of nitrogens with one attached hydrogen (secondary N) is 1. The SMILES string of the molecule is CC(O)C1NC(=O)C(O)C1O. The molecule has 1 aliphatic rings. The molecule has 1 rings (SSSR count). The molecular weight excluding hydrogens is 150 g/mol. The predicted molar refractivity (Wildman–Crippen MR) is 35.6 cm³/mol. The molecule has 4 unspecified atom stereocenters. The van der Waals surface area contributed by atoms with Crippen LogP contribution in [0.25, 0.3) is 0 Å². The second kappa shape index (κ2) is 2.77. The van der Waals surface area contributed by atoms with E-state index in [-0.39, 0.29) is 0 Å². The lowest BCUT2D eigenvalue weighted by Crippen LogP contribution is -2.41. The molecule has 5 nitrogen and oxygen atoms in total. The van der Waals surface area contributed by atoms with Crippen molar-refractivity contribution < 1.29 is 20.1 Å². The van der Waals surface area contributed by atoms with Gasteiger partial charge in [-0.2, -0.15) is 0 Å². The molecule has 1 aliphatic heterocycles. The number of carbonyl (C=O) groups excluding carboxylic acids is 1. The zero-order chi connectivity index (χ0) is 8.59. The van der Waals surface area contributed by atoms with Crippen LogP contribution in [0.5, 0.6) is 0 Å². The maximum absolute atomic E-state index is 10.7. The Morgan fingerprint density at radius 2 is 2.09 bits per heavy atom. The van der Waals surface area contributed by atoms with Gasteiger partial charge in [0, 0.05) is 0 Å². The molecular formula is C6H11NO4. The average Bonchev–Trinajstić information content (AvgIpc) is 2.17. The average molecular weight is 161 g/mol. The number of amides is 1. The van der Waals surface area contributed by atoms with Gasteiger partial charge in [0.1, 0.15) is 6.10 Å². The molecule has 5 heteroatoms. The summed E-state index contributed by atoms with van der Waals surface area (Å²) in [6.45, 7) is 1.44. The molecule has 0 aromatic heterocycles. The maximum atomic E-state index is 10.7. The third-order valence-corrected chi connectivity index (χ3v) is 1.79. The van der Waals surface area contributed by atoms with E-state index in [1.54, 1.807) is 0 Å². The van der Waals surface area contributed by atoms with Gasteiger partial charge in [-0.1, -0.05) is 0 Å². The van der Waals surface area contributed by atoms with Crippen LogP contribution in [0.3, 0.4) is 0 Å². The summed E-state index contributed by atoms with van der Waals surface area (Å²) in [6.07, 6.45) is -3.47. The Morgan fingerprint density at radius 3 is 2.27 bits per heavy atom. The van der Waals surface area contributed by atoms with Gasteiger partial charge in [-0.05, 0) is 6.92 Å². The summed E-state index contributed by atoms with van der Waals surface area (Å²) in [5.74, 6) is -0.636. The molecule has 0 aliphatic carbocycles. The third kappa shape index (κ3) is 1.35. The normalized spacial score (nSPS) is 40.4. The molecule has 0 bridgehead atoms. The maximum Gasteiger partial charge on any atom is 0.252 e. The topological polar surface area (TPSA) is 89.8 Å². The Balaban J connectivity index is 2.67. The van der Waals surface area contributed by atoms with Gasteiger partial charge >= 0.3 is 0 Å². The lowest BCUT2D eigenvalue weighted by atomic mass is 10.1. The second-order valence-electron chi connectivity index (χ2n) is 2.71. The molecule has 64 valence electrons. The lowest BCUT2D eigenvalue weighted by molar-refractivity contribution is -0.128. The highest BCUT2D eigenvalue weighted by Crippen LogP contribution is 2.11. The summed E-state index contributed by atoms with van der Waals surface area (Å²) in [5.41, 5.74) is 0. The minimum Gasteiger partial charge on any atom is -0.391 e. The van der Waals surface area contributed by atoms with Crippen molar-refractivity contribution >= 4 is 5.91 Å². The minimum absolute atomic E-state index is 0.636. The number of aliphatic hydroxyl groups is 3. The molecule has 11 heavy (non-hydrogen) atoms. The molecule has 1 fully saturated rings. The zero-order valence-electron chi connectivity index (χ0n) is 6.06. The van der Waals surface area contributed by atoms with Gasteiger partial charge < -0.3 is 20.6 Å². The number of aliphatic hydroxyl groups excluding tert-OH is 3. The summed E-state index contributed by atoms with van der Waals surface area (Å²) < 4.78 is 0. The quantitative estimate of drug-likeness (QED) is 0.345. The van der Waals surface area contributed by atoms with Gasteiger partial charge in [-0.3, -0.25) is 4.79 Å². The van der Waals surface area contributed by atoms with E-state index >= 15 is 0 Å². The highest BCUT2D eigenvalue weighted by molar-refractivity contribution is 5.84. The van der Waals surface area contributed by atoms with Crippen LogP contribution in [0.4, 0.5) is 0 Å². The summed E-state index contributed by atoms with van der Waals surface area (Å²) >= 11 is 0. The molecule has 0 aromatic carbocycles. The summed E-state index contributed by atoms with van der Waals surface area (Å²) in [6, 6.07) is -0.752. The summed E-state index contributed by atoms with van der Waals surface area (Å²) in [7, 11) is 0. The first kappa shape index (κ1) is 8.45. The van der Waals surface area contributed by atoms with Gasteiger partial charge in [0.05, 0.1) is 12.1 Å². The van der Waals surface area contributed by atoms with Crippen LogP contribution in [0.1, 0.15) is 6.92 Å². The van der Waals surface area contributed by atoms with Crippen molar-refractivity contribution in [1.29, 1.82) is 0 Å². The van der Waals surface area contributed by atoms with Gasteiger partial charge in [-0.15, -0.1) is 0 Å². The standard InChI is InChI=1S/C6H11NO4/c1-2(8)3-4(9)5(10)6(11)7-3/h2-5,8-10H,1H3,(H,7,11). The molecule has 4 atom stereocenters. The van der Waals surface area contributed by atoms with E-state index in [0.717, 1.165) is 0 Å². The fraction of sp³-hybridized carbons (Fsp3) is 0.833. The van der Waals surface area contributed by atoms with Crippen molar-refractivity contribution in [2.45, 2.75) is 31.3 Å². The molecule has 1 saturated heterocycles. The van der Waals surface area contributed by atoms with E-state index in [0.29, 0.717) is 0 Å². The van der Waals surface area contributed by atoms with Gasteiger partial charge in [-0.25, -0.2) is 0 Å². The Bertz CT molecular complexity index is 170. The molecule has 0 radical (unpaired) electrons. The fourth-order valence-electron chi connectivity index (χ4n) is 1.09. The predicted octanol–water partition coefficient (Wildman–Crippen LogP) is -2.41. The molecule has 0 aromatic rings. The van der Waals surface area contributed by atoms with Crippen LogP contribution in [0, 0.1) is 0 Å². The van der Waals surface area contributed by atoms with E-state index in [9.17, 15) is 4.79 Å². The first-order valence-corrected chi connectivity index (χ1v) is 3.38. The molecule has 1 amide bonds. The minimum atomic E-state index is -1.41. The van der Waals surface area contributed by atoms with Crippen molar-refractivity contribution in [2.75, 3.05) is 0 Å². The van der Waals surface area contributed by atoms with Crippen LogP contribution in [-0.4, -0.2) is 45.6 Å². The summed E-state index contributed by atoms with van der Waals surface area (Å²) in [5, 5.41) is 29.3. The molecule has 0 saturated carbocycles. The zero-order valence-corrected chi connectivity index (χ0v) is 6.06. The van der Waals surface area contributed by atoms with Gasteiger partial charge in [0.15, 0.2) is 6.10 Å². The smallest absolute Gasteiger partial charge is 0.252 e. The van der Waals surface area contributed by atoms with Crippen molar-refractivity contribution in [3.63, 3.8) is 0 Å². The van der Waals surface area contributed by atoms with Crippen LogP contribution in [0.2, 0.25) is 0 Å². The first-order valence-electron chi connectivity index (χ1n) is 3.38. The van der Waals surface area contributed by atoms with Crippen LogP contribution < -0.4 is 5.32 Å².